The monoisotopic (exact) mass is 232 g/mol. The molecule has 3 aromatic carbocycles. The SMILES string of the molecule is O=c1cccccc1-c1cccc2ccccc12. The van der Waals surface area contributed by atoms with Crippen LogP contribution in [-0.2, 0) is 0 Å². The van der Waals surface area contributed by atoms with Gasteiger partial charge in [0, 0.05) is 5.56 Å². The molecule has 0 aromatic heterocycles. The van der Waals surface area contributed by atoms with E-state index in [1.165, 1.54) is 0 Å². The summed E-state index contributed by atoms with van der Waals surface area (Å²) in [4.78, 5) is 12.1. The lowest BCUT2D eigenvalue weighted by molar-refractivity contribution is 1.62. The minimum atomic E-state index is 0.0522. The summed E-state index contributed by atoms with van der Waals surface area (Å²) in [5.41, 5.74) is 1.79. The van der Waals surface area contributed by atoms with Gasteiger partial charge in [-0.25, -0.2) is 0 Å². The molecular formula is C17H12O. The topological polar surface area (TPSA) is 17.1 Å². The molecule has 0 spiro atoms. The van der Waals surface area contributed by atoms with E-state index in [1.807, 2.05) is 42.5 Å². The molecule has 0 bridgehead atoms. The number of hydrogen-bond acceptors (Lipinski definition) is 1. The Morgan fingerprint density at radius 1 is 0.556 bits per heavy atom. The van der Waals surface area contributed by atoms with Gasteiger partial charge in [0.05, 0.1) is 0 Å². The van der Waals surface area contributed by atoms with Crippen molar-refractivity contribution in [2.24, 2.45) is 0 Å². The van der Waals surface area contributed by atoms with Crippen LogP contribution in [0, 0.1) is 0 Å². The van der Waals surface area contributed by atoms with Crippen LogP contribution >= 0.6 is 0 Å². The van der Waals surface area contributed by atoms with Gasteiger partial charge in [-0.15, -0.1) is 0 Å². The van der Waals surface area contributed by atoms with E-state index in [1.54, 1.807) is 12.1 Å². The van der Waals surface area contributed by atoms with Crippen LogP contribution in [0.25, 0.3) is 21.9 Å². The van der Waals surface area contributed by atoms with Gasteiger partial charge in [-0.1, -0.05) is 66.7 Å². The first kappa shape index (κ1) is 10.7. The molecule has 3 rings (SSSR count). The van der Waals surface area contributed by atoms with E-state index in [9.17, 15) is 4.79 Å². The maximum atomic E-state index is 12.1. The lowest BCUT2D eigenvalue weighted by atomic mass is 9.99. The molecule has 0 heterocycles. The molecule has 0 N–H and O–H groups in total. The molecule has 0 saturated carbocycles. The average molecular weight is 232 g/mol. The van der Waals surface area contributed by atoms with Crippen molar-refractivity contribution >= 4 is 10.8 Å². The normalized spacial score (nSPS) is 10.4. The smallest absolute Gasteiger partial charge is 0.186 e. The Balaban J connectivity index is 2.40. The zero-order valence-electron chi connectivity index (χ0n) is 9.84. The van der Waals surface area contributed by atoms with E-state index >= 15 is 0 Å². The minimum absolute atomic E-state index is 0.0522. The number of benzene rings is 2. The number of rotatable bonds is 1. The maximum Gasteiger partial charge on any atom is 0.186 e. The van der Waals surface area contributed by atoms with Crippen molar-refractivity contribution < 1.29 is 0 Å². The van der Waals surface area contributed by atoms with Crippen molar-refractivity contribution in [3.8, 4) is 11.1 Å². The van der Waals surface area contributed by atoms with Crippen molar-refractivity contribution in [3.05, 3.63) is 83.0 Å². The van der Waals surface area contributed by atoms with Gasteiger partial charge < -0.3 is 0 Å². The molecule has 18 heavy (non-hydrogen) atoms. The molecule has 1 heteroatoms. The Kier molecular flexibility index (Phi) is 2.66. The fourth-order valence-corrected chi connectivity index (χ4v) is 2.21. The molecule has 1 nitrogen and oxygen atoms in total. The molecule has 3 aromatic rings. The molecule has 0 aliphatic carbocycles. The third-order valence-electron chi connectivity index (χ3n) is 3.08. The Morgan fingerprint density at radius 3 is 2.17 bits per heavy atom. The van der Waals surface area contributed by atoms with Crippen LogP contribution in [0.5, 0.6) is 0 Å². The van der Waals surface area contributed by atoms with E-state index in [0.717, 1.165) is 21.9 Å². The second-order valence-corrected chi connectivity index (χ2v) is 4.22. The van der Waals surface area contributed by atoms with Crippen LogP contribution in [0.3, 0.4) is 0 Å². The molecule has 0 aliphatic heterocycles. The van der Waals surface area contributed by atoms with E-state index in [-0.39, 0.29) is 5.43 Å². The number of hydrogen-bond donors (Lipinski definition) is 0. The van der Waals surface area contributed by atoms with Gasteiger partial charge in [0.1, 0.15) is 0 Å². The van der Waals surface area contributed by atoms with Gasteiger partial charge in [0.2, 0.25) is 0 Å². The highest BCUT2D eigenvalue weighted by Crippen LogP contribution is 2.25. The highest BCUT2D eigenvalue weighted by Gasteiger charge is 2.04. The summed E-state index contributed by atoms with van der Waals surface area (Å²) in [5, 5.41) is 2.27. The first-order valence-corrected chi connectivity index (χ1v) is 5.94. The summed E-state index contributed by atoms with van der Waals surface area (Å²) in [5.74, 6) is 0. The van der Waals surface area contributed by atoms with Crippen molar-refractivity contribution in [3.63, 3.8) is 0 Å². The van der Waals surface area contributed by atoms with E-state index in [0.29, 0.717) is 0 Å². The van der Waals surface area contributed by atoms with Gasteiger partial charge in [-0.2, -0.15) is 0 Å². The third-order valence-corrected chi connectivity index (χ3v) is 3.08. The zero-order valence-corrected chi connectivity index (χ0v) is 9.84. The van der Waals surface area contributed by atoms with Crippen LogP contribution in [0.1, 0.15) is 0 Å². The molecule has 0 atom stereocenters. The predicted octanol–water partition coefficient (Wildman–Crippen LogP) is 3.87. The molecule has 86 valence electrons. The fraction of sp³-hybridized carbons (Fsp3) is 0. The third kappa shape index (κ3) is 1.80. The molecule has 0 aliphatic rings. The van der Waals surface area contributed by atoms with Crippen molar-refractivity contribution in [2.45, 2.75) is 0 Å². The summed E-state index contributed by atoms with van der Waals surface area (Å²) < 4.78 is 0. The van der Waals surface area contributed by atoms with Crippen molar-refractivity contribution in [2.75, 3.05) is 0 Å². The molecule has 0 amide bonds. The minimum Gasteiger partial charge on any atom is -0.289 e. The highest BCUT2D eigenvalue weighted by atomic mass is 16.1. The lowest BCUT2D eigenvalue weighted by Crippen LogP contribution is -1.98. The van der Waals surface area contributed by atoms with Gasteiger partial charge in [-0.05, 0) is 22.4 Å². The summed E-state index contributed by atoms with van der Waals surface area (Å²) in [6.07, 6.45) is 0. The summed E-state index contributed by atoms with van der Waals surface area (Å²) in [7, 11) is 0. The maximum absolute atomic E-state index is 12.1. The summed E-state index contributed by atoms with van der Waals surface area (Å²) in [6, 6.07) is 23.2. The average Bonchev–Trinajstić information content (AvgIpc) is 2.63. The summed E-state index contributed by atoms with van der Waals surface area (Å²) >= 11 is 0. The molecule has 0 fully saturated rings. The first-order chi connectivity index (χ1) is 8.86. The Bertz CT molecular complexity index is 754. The van der Waals surface area contributed by atoms with E-state index < -0.39 is 0 Å². The highest BCUT2D eigenvalue weighted by molar-refractivity contribution is 5.96. The van der Waals surface area contributed by atoms with Gasteiger partial charge >= 0.3 is 0 Å². The first-order valence-electron chi connectivity index (χ1n) is 5.94. The second-order valence-electron chi connectivity index (χ2n) is 4.22. The van der Waals surface area contributed by atoms with Gasteiger partial charge in [0.25, 0.3) is 0 Å². The quantitative estimate of drug-likeness (QED) is 0.622. The van der Waals surface area contributed by atoms with Gasteiger partial charge in [0.15, 0.2) is 5.43 Å². The Labute approximate surface area is 105 Å². The van der Waals surface area contributed by atoms with Crippen LogP contribution in [0.15, 0.2) is 77.6 Å². The lowest BCUT2D eigenvalue weighted by Gasteiger charge is -2.04. The van der Waals surface area contributed by atoms with Crippen LogP contribution in [0.4, 0.5) is 0 Å². The van der Waals surface area contributed by atoms with Crippen LogP contribution in [0.2, 0.25) is 0 Å². The van der Waals surface area contributed by atoms with Crippen molar-refractivity contribution in [1.82, 2.24) is 0 Å². The van der Waals surface area contributed by atoms with Crippen LogP contribution in [-0.4, -0.2) is 0 Å². The van der Waals surface area contributed by atoms with E-state index in [2.05, 4.69) is 18.2 Å². The fourth-order valence-electron chi connectivity index (χ4n) is 2.21. The second kappa shape index (κ2) is 4.46. The standard InChI is InChI=1S/C17H12O/c18-17-12-3-1-2-10-16(17)15-11-6-8-13-7-4-5-9-14(13)15/h1-12H. The van der Waals surface area contributed by atoms with E-state index in [4.69, 9.17) is 0 Å². The Hall–Kier alpha value is -2.41. The molecule has 0 saturated heterocycles. The number of fused-ring (bicyclic) bond motifs is 1. The van der Waals surface area contributed by atoms with Gasteiger partial charge in [-0.3, -0.25) is 4.79 Å². The largest absolute Gasteiger partial charge is 0.289 e. The molecule has 0 unspecified atom stereocenters. The summed E-state index contributed by atoms with van der Waals surface area (Å²) in [6.45, 7) is 0. The van der Waals surface area contributed by atoms with Crippen molar-refractivity contribution in [1.29, 1.82) is 0 Å². The molecule has 0 radical (unpaired) electrons. The molecular weight excluding hydrogens is 220 g/mol. The van der Waals surface area contributed by atoms with Crippen LogP contribution < -0.4 is 5.43 Å². The zero-order chi connectivity index (χ0) is 12.4. The predicted molar refractivity (Wildman–Crippen MR) is 75.7 cm³/mol. The Morgan fingerprint density at radius 2 is 1.22 bits per heavy atom.